The van der Waals surface area contributed by atoms with E-state index in [0.29, 0.717) is 6.61 Å². The Balaban J connectivity index is 2.41. The number of hydrogen-bond acceptors (Lipinski definition) is 2. The van der Waals surface area contributed by atoms with E-state index in [1.807, 2.05) is 50.3 Å². The Hall–Kier alpha value is -1.09. The lowest BCUT2D eigenvalue weighted by molar-refractivity contribution is -0.139. The molecule has 0 saturated carbocycles. The SMILES string of the molecule is CC(C)(C=CC(=O)OCc1ccccc1)CBr. The largest absolute Gasteiger partial charge is 0.458 e. The van der Waals surface area contributed by atoms with Crippen molar-refractivity contribution in [1.29, 1.82) is 0 Å². The van der Waals surface area contributed by atoms with Gasteiger partial charge in [0.25, 0.3) is 0 Å². The van der Waals surface area contributed by atoms with Gasteiger partial charge in [-0.3, -0.25) is 0 Å². The number of benzene rings is 1. The maximum absolute atomic E-state index is 11.5. The summed E-state index contributed by atoms with van der Waals surface area (Å²) in [5.41, 5.74) is 0.959. The number of ether oxygens (including phenoxy) is 1. The molecule has 0 radical (unpaired) electrons. The summed E-state index contributed by atoms with van der Waals surface area (Å²) in [5, 5.41) is 0.808. The molecule has 2 nitrogen and oxygen atoms in total. The zero-order valence-electron chi connectivity index (χ0n) is 10.2. The third kappa shape index (κ3) is 5.68. The van der Waals surface area contributed by atoms with Gasteiger partial charge in [-0.2, -0.15) is 0 Å². The third-order valence-corrected chi connectivity index (χ3v) is 3.68. The minimum atomic E-state index is -0.303. The van der Waals surface area contributed by atoms with E-state index in [-0.39, 0.29) is 11.4 Å². The first-order chi connectivity index (χ1) is 8.03. The third-order valence-electron chi connectivity index (χ3n) is 2.24. The molecule has 0 atom stereocenters. The van der Waals surface area contributed by atoms with Gasteiger partial charge in [-0.1, -0.05) is 66.2 Å². The van der Waals surface area contributed by atoms with Crippen LogP contribution in [0.15, 0.2) is 42.5 Å². The van der Waals surface area contributed by atoms with Crippen molar-refractivity contribution in [2.45, 2.75) is 20.5 Å². The van der Waals surface area contributed by atoms with Crippen LogP contribution < -0.4 is 0 Å². The van der Waals surface area contributed by atoms with Crippen molar-refractivity contribution in [3.8, 4) is 0 Å². The summed E-state index contributed by atoms with van der Waals surface area (Å²) in [4.78, 5) is 11.5. The second kappa shape index (κ2) is 6.60. The van der Waals surface area contributed by atoms with E-state index >= 15 is 0 Å². The Labute approximate surface area is 111 Å². The van der Waals surface area contributed by atoms with Crippen LogP contribution >= 0.6 is 15.9 Å². The fraction of sp³-hybridized carbons (Fsp3) is 0.357. The Morgan fingerprint density at radius 1 is 1.35 bits per heavy atom. The number of halogens is 1. The molecule has 0 amide bonds. The van der Waals surface area contributed by atoms with Crippen LogP contribution in [0, 0.1) is 5.41 Å². The van der Waals surface area contributed by atoms with Crippen molar-refractivity contribution in [2.75, 3.05) is 5.33 Å². The van der Waals surface area contributed by atoms with Crippen LogP contribution in [-0.2, 0) is 16.1 Å². The van der Waals surface area contributed by atoms with Crippen LogP contribution in [0.4, 0.5) is 0 Å². The van der Waals surface area contributed by atoms with Crippen molar-refractivity contribution in [3.05, 3.63) is 48.0 Å². The minimum Gasteiger partial charge on any atom is -0.458 e. The van der Waals surface area contributed by atoms with Crippen LogP contribution in [0.5, 0.6) is 0 Å². The molecule has 1 rings (SSSR count). The predicted molar refractivity (Wildman–Crippen MR) is 73.0 cm³/mol. The standard InChI is InChI=1S/C14H17BrO2/c1-14(2,11-15)9-8-13(16)17-10-12-6-4-3-5-7-12/h3-9H,10-11H2,1-2H3. The molecule has 0 saturated heterocycles. The lowest BCUT2D eigenvalue weighted by atomic mass is 9.96. The van der Waals surface area contributed by atoms with Gasteiger partial charge in [0, 0.05) is 11.4 Å². The zero-order valence-corrected chi connectivity index (χ0v) is 11.7. The Kier molecular flexibility index (Phi) is 5.42. The summed E-state index contributed by atoms with van der Waals surface area (Å²) < 4.78 is 5.13. The van der Waals surface area contributed by atoms with Crippen LogP contribution in [0.1, 0.15) is 19.4 Å². The van der Waals surface area contributed by atoms with E-state index in [1.54, 1.807) is 0 Å². The van der Waals surface area contributed by atoms with Crippen LogP contribution in [-0.4, -0.2) is 11.3 Å². The Morgan fingerprint density at radius 2 is 2.00 bits per heavy atom. The smallest absolute Gasteiger partial charge is 0.330 e. The Bertz CT molecular complexity index is 382. The number of rotatable bonds is 5. The average molecular weight is 297 g/mol. The van der Waals surface area contributed by atoms with Gasteiger partial charge in [0.2, 0.25) is 0 Å². The van der Waals surface area contributed by atoms with Crippen molar-refractivity contribution in [3.63, 3.8) is 0 Å². The molecule has 0 spiro atoms. The highest BCUT2D eigenvalue weighted by Gasteiger charge is 2.11. The first kappa shape index (κ1) is 14.0. The van der Waals surface area contributed by atoms with E-state index in [0.717, 1.165) is 10.9 Å². The first-order valence-electron chi connectivity index (χ1n) is 5.49. The lowest BCUT2D eigenvalue weighted by Gasteiger charge is -2.15. The molecule has 1 aromatic rings. The zero-order chi connectivity index (χ0) is 12.7. The Morgan fingerprint density at radius 3 is 2.59 bits per heavy atom. The van der Waals surface area contributed by atoms with Gasteiger partial charge < -0.3 is 4.74 Å². The molecule has 0 aliphatic heterocycles. The topological polar surface area (TPSA) is 26.3 Å². The number of alkyl halides is 1. The number of allylic oxidation sites excluding steroid dienone is 1. The summed E-state index contributed by atoms with van der Waals surface area (Å²) >= 11 is 3.39. The van der Waals surface area contributed by atoms with E-state index in [2.05, 4.69) is 15.9 Å². The van der Waals surface area contributed by atoms with Crippen molar-refractivity contribution >= 4 is 21.9 Å². The van der Waals surface area contributed by atoms with Gasteiger partial charge in [0.1, 0.15) is 6.61 Å². The summed E-state index contributed by atoms with van der Waals surface area (Å²) in [6, 6.07) is 9.64. The molecular weight excluding hydrogens is 280 g/mol. The van der Waals surface area contributed by atoms with Gasteiger partial charge in [-0.05, 0) is 11.0 Å². The van der Waals surface area contributed by atoms with Crippen molar-refractivity contribution in [2.24, 2.45) is 5.41 Å². The quantitative estimate of drug-likeness (QED) is 0.470. The van der Waals surface area contributed by atoms with Crippen molar-refractivity contribution in [1.82, 2.24) is 0 Å². The highest BCUT2D eigenvalue weighted by molar-refractivity contribution is 9.09. The van der Waals surface area contributed by atoms with Gasteiger partial charge in [-0.25, -0.2) is 4.79 Å². The van der Waals surface area contributed by atoms with Crippen molar-refractivity contribution < 1.29 is 9.53 Å². The molecular formula is C14H17BrO2. The van der Waals surface area contributed by atoms with E-state index in [9.17, 15) is 4.79 Å². The molecule has 0 aliphatic rings. The average Bonchev–Trinajstić information content (AvgIpc) is 2.35. The molecule has 0 aliphatic carbocycles. The highest BCUT2D eigenvalue weighted by Crippen LogP contribution is 2.19. The molecule has 3 heteroatoms. The second-order valence-corrected chi connectivity index (χ2v) is 5.11. The molecule has 0 N–H and O–H groups in total. The molecule has 0 aromatic heterocycles. The predicted octanol–water partition coefficient (Wildman–Crippen LogP) is 3.71. The monoisotopic (exact) mass is 296 g/mol. The molecule has 0 fully saturated rings. The molecule has 0 unspecified atom stereocenters. The summed E-state index contributed by atoms with van der Waals surface area (Å²) in [5.74, 6) is -0.303. The summed E-state index contributed by atoms with van der Waals surface area (Å²) in [7, 11) is 0. The molecule has 92 valence electrons. The molecule has 17 heavy (non-hydrogen) atoms. The number of carbonyl (C=O) groups excluding carboxylic acids is 1. The molecule has 0 heterocycles. The number of carbonyl (C=O) groups is 1. The number of esters is 1. The van der Waals surface area contributed by atoms with Crippen LogP contribution in [0.2, 0.25) is 0 Å². The summed E-state index contributed by atoms with van der Waals surface area (Å²) in [6.45, 7) is 4.41. The fourth-order valence-electron chi connectivity index (χ4n) is 1.11. The fourth-order valence-corrected chi connectivity index (χ4v) is 1.30. The van der Waals surface area contributed by atoms with E-state index in [4.69, 9.17) is 4.74 Å². The van der Waals surface area contributed by atoms with Gasteiger partial charge in [0.05, 0.1) is 0 Å². The highest BCUT2D eigenvalue weighted by atomic mass is 79.9. The van der Waals surface area contributed by atoms with Gasteiger partial charge in [0.15, 0.2) is 0 Å². The summed E-state index contributed by atoms with van der Waals surface area (Å²) in [6.07, 6.45) is 3.35. The molecule has 1 aromatic carbocycles. The minimum absolute atomic E-state index is 0.0359. The van der Waals surface area contributed by atoms with E-state index < -0.39 is 0 Å². The molecule has 0 bridgehead atoms. The van der Waals surface area contributed by atoms with Crippen LogP contribution in [0.25, 0.3) is 0 Å². The lowest BCUT2D eigenvalue weighted by Crippen LogP contribution is -2.10. The van der Waals surface area contributed by atoms with Gasteiger partial charge >= 0.3 is 5.97 Å². The van der Waals surface area contributed by atoms with Gasteiger partial charge in [-0.15, -0.1) is 0 Å². The maximum atomic E-state index is 11.5. The van der Waals surface area contributed by atoms with Crippen LogP contribution in [0.3, 0.4) is 0 Å². The first-order valence-corrected chi connectivity index (χ1v) is 6.61. The second-order valence-electron chi connectivity index (χ2n) is 4.55. The maximum Gasteiger partial charge on any atom is 0.330 e. The number of hydrogen-bond donors (Lipinski definition) is 0. The van der Waals surface area contributed by atoms with E-state index in [1.165, 1.54) is 6.08 Å². The normalized spacial score (nSPS) is 11.7.